The first kappa shape index (κ1) is 22.8. The molecule has 2 N–H and O–H groups in total. The molecule has 4 aromatic heterocycles. The second-order valence-electron chi connectivity index (χ2n) is 9.38. The van der Waals surface area contributed by atoms with E-state index in [2.05, 4.69) is 40.5 Å². The van der Waals surface area contributed by atoms with Gasteiger partial charge in [0.05, 0.1) is 24.4 Å². The van der Waals surface area contributed by atoms with Crippen LogP contribution in [0.25, 0.3) is 5.82 Å². The summed E-state index contributed by atoms with van der Waals surface area (Å²) in [7, 11) is 0. The molecule has 1 atom stereocenters. The van der Waals surface area contributed by atoms with Crippen LogP contribution in [0.3, 0.4) is 0 Å². The van der Waals surface area contributed by atoms with E-state index in [9.17, 15) is 4.79 Å². The number of pyridine rings is 1. The fraction of sp³-hybridized carbons (Fsp3) is 0.400. The Kier molecular flexibility index (Phi) is 6.10. The summed E-state index contributed by atoms with van der Waals surface area (Å²) < 4.78 is 1.74. The van der Waals surface area contributed by atoms with Crippen molar-refractivity contribution in [3.05, 3.63) is 76.8 Å². The van der Waals surface area contributed by atoms with Gasteiger partial charge in [-0.25, -0.2) is 24.6 Å². The molecule has 4 aromatic rings. The molecular weight excluding hydrogens is 442 g/mol. The minimum Gasteiger partial charge on any atom is -0.349 e. The summed E-state index contributed by atoms with van der Waals surface area (Å²) >= 11 is 0. The largest absolute Gasteiger partial charge is 0.349 e. The van der Waals surface area contributed by atoms with Crippen LogP contribution in [-0.4, -0.2) is 45.8 Å². The van der Waals surface area contributed by atoms with E-state index in [1.807, 2.05) is 52.1 Å². The van der Waals surface area contributed by atoms with E-state index >= 15 is 0 Å². The first-order chi connectivity index (χ1) is 16.8. The van der Waals surface area contributed by atoms with Crippen LogP contribution in [0.5, 0.6) is 0 Å². The number of hydrogen-bond donors (Lipinski definition) is 2. The first-order valence-electron chi connectivity index (χ1n) is 11.8. The quantitative estimate of drug-likeness (QED) is 0.424. The number of nitrogens with zero attached hydrogens (tertiary/aromatic N) is 7. The van der Waals surface area contributed by atoms with Gasteiger partial charge in [0.2, 0.25) is 5.91 Å². The summed E-state index contributed by atoms with van der Waals surface area (Å²) in [6.07, 6.45) is 7.54. The van der Waals surface area contributed by atoms with Crippen LogP contribution in [0, 0.1) is 26.7 Å². The number of amides is 1. The van der Waals surface area contributed by atoms with Crippen molar-refractivity contribution in [1.29, 1.82) is 0 Å². The molecule has 0 spiro atoms. The van der Waals surface area contributed by atoms with Gasteiger partial charge in [-0.2, -0.15) is 10.2 Å². The number of carbonyl (C=O) groups excluding carboxylic acids is 1. The molecule has 180 valence electrons. The first-order valence-corrected chi connectivity index (χ1v) is 11.8. The van der Waals surface area contributed by atoms with Gasteiger partial charge in [-0.3, -0.25) is 9.89 Å². The molecule has 1 amide bonds. The Bertz CT molecular complexity index is 1340. The monoisotopic (exact) mass is 471 g/mol. The summed E-state index contributed by atoms with van der Waals surface area (Å²) in [5.74, 6) is 3.10. The van der Waals surface area contributed by atoms with E-state index in [1.54, 1.807) is 17.1 Å². The maximum Gasteiger partial charge on any atom is 0.223 e. The maximum absolute atomic E-state index is 12.8. The van der Waals surface area contributed by atoms with Crippen molar-refractivity contribution in [2.45, 2.75) is 58.9 Å². The number of nitrogens with one attached hydrogen (secondary N) is 2. The summed E-state index contributed by atoms with van der Waals surface area (Å²) in [4.78, 5) is 31.0. The normalized spacial score (nSPS) is 18.2. The van der Waals surface area contributed by atoms with Gasteiger partial charge in [-0.1, -0.05) is 6.07 Å². The fourth-order valence-electron chi connectivity index (χ4n) is 4.33. The van der Waals surface area contributed by atoms with Gasteiger partial charge in [-0.05, 0) is 63.8 Å². The van der Waals surface area contributed by atoms with Crippen LogP contribution in [-0.2, 0) is 11.2 Å². The van der Waals surface area contributed by atoms with E-state index in [4.69, 9.17) is 0 Å². The van der Waals surface area contributed by atoms with Crippen LogP contribution in [0.1, 0.15) is 71.7 Å². The molecule has 5 rings (SSSR count). The Morgan fingerprint density at radius 1 is 1.17 bits per heavy atom. The fourth-order valence-corrected chi connectivity index (χ4v) is 4.33. The van der Waals surface area contributed by atoms with Crippen molar-refractivity contribution in [3.63, 3.8) is 0 Å². The lowest BCUT2D eigenvalue weighted by Gasteiger charge is -2.34. The van der Waals surface area contributed by atoms with Gasteiger partial charge in [0.25, 0.3) is 0 Å². The van der Waals surface area contributed by atoms with E-state index in [0.29, 0.717) is 18.1 Å². The summed E-state index contributed by atoms with van der Waals surface area (Å²) in [5, 5.41) is 14.6. The molecule has 1 fully saturated rings. The zero-order valence-corrected chi connectivity index (χ0v) is 20.4. The Morgan fingerprint density at radius 2 is 2.00 bits per heavy atom. The number of aromatic nitrogens is 8. The second kappa shape index (κ2) is 9.36. The zero-order chi connectivity index (χ0) is 24.5. The van der Waals surface area contributed by atoms with Gasteiger partial charge in [0.1, 0.15) is 17.5 Å². The lowest BCUT2D eigenvalue weighted by Crippen LogP contribution is -2.39. The summed E-state index contributed by atoms with van der Waals surface area (Å²) in [6, 6.07) is 5.75. The van der Waals surface area contributed by atoms with Crippen molar-refractivity contribution in [2.24, 2.45) is 5.92 Å². The van der Waals surface area contributed by atoms with Gasteiger partial charge < -0.3 is 5.32 Å². The van der Waals surface area contributed by atoms with Crippen molar-refractivity contribution in [3.8, 4) is 5.82 Å². The summed E-state index contributed by atoms with van der Waals surface area (Å²) in [5.41, 5.74) is 3.94. The van der Waals surface area contributed by atoms with Crippen LogP contribution >= 0.6 is 0 Å². The van der Waals surface area contributed by atoms with Gasteiger partial charge >= 0.3 is 0 Å². The maximum atomic E-state index is 12.8. The van der Waals surface area contributed by atoms with Crippen LogP contribution in [0.4, 0.5) is 0 Å². The number of carbonyl (C=O) groups is 1. The molecule has 1 aliphatic rings. The Balaban J connectivity index is 1.16. The predicted octanol–water partition coefficient (Wildman–Crippen LogP) is 3.06. The third-order valence-corrected chi connectivity index (χ3v) is 6.36. The minimum absolute atomic E-state index is 0.0451. The van der Waals surface area contributed by atoms with Gasteiger partial charge in [-0.15, -0.1) is 0 Å². The van der Waals surface area contributed by atoms with Gasteiger partial charge in [0, 0.05) is 29.9 Å². The van der Waals surface area contributed by atoms with E-state index in [-0.39, 0.29) is 23.8 Å². The average molecular weight is 472 g/mol. The summed E-state index contributed by atoms with van der Waals surface area (Å²) in [6.45, 7) is 7.81. The lowest BCUT2D eigenvalue weighted by atomic mass is 9.73. The van der Waals surface area contributed by atoms with Gasteiger partial charge in [0.15, 0.2) is 5.82 Å². The van der Waals surface area contributed by atoms with Crippen LogP contribution in [0.15, 0.2) is 36.8 Å². The third kappa shape index (κ3) is 5.11. The Hall–Kier alpha value is -3.95. The number of H-pyrrole nitrogens is 1. The highest BCUT2D eigenvalue weighted by Crippen LogP contribution is 2.40. The van der Waals surface area contributed by atoms with Crippen molar-refractivity contribution < 1.29 is 4.79 Å². The number of aryl methyl sites for hydroxylation is 3. The van der Waals surface area contributed by atoms with E-state index < -0.39 is 0 Å². The molecule has 1 aliphatic carbocycles. The molecule has 10 heteroatoms. The van der Waals surface area contributed by atoms with Crippen molar-refractivity contribution >= 4 is 5.91 Å². The topological polar surface area (TPSA) is 127 Å². The predicted molar refractivity (Wildman–Crippen MR) is 129 cm³/mol. The van der Waals surface area contributed by atoms with E-state index in [1.165, 1.54) is 0 Å². The standard InChI is InChI=1S/C25H29N9O/c1-14-11-27-34(13-14)23-6-5-18(12-26-23)16(3)28-25(35)20-8-19(9-20)24-30-17(4)29-22(31-24)10-21-7-15(2)32-33-21/h5-7,11-13,16,19-20H,8-10H2,1-4H3,(H,28,35)(H,32,33)/t16-,19?,20?/m0/s1. The number of hydrogen-bond acceptors (Lipinski definition) is 7. The van der Waals surface area contributed by atoms with Crippen LogP contribution < -0.4 is 5.32 Å². The highest BCUT2D eigenvalue weighted by molar-refractivity contribution is 5.80. The molecular formula is C25H29N9O. The lowest BCUT2D eigenvalue weighted by molar-refractivity contribution is -0.128. The highest BCUT2D eigenvalue weighted by Gasteiger charge is 2.37. The smallest absolute Gasteiger partial charge is 0.223 e. The molecule has 10 nitrogen and oxygen atoms in total. The third-order valence-electron chi connectivity index (χ3n) is 6.36. The average Bonchev–Trinajstić information content (AvgIpc) is 3.40. The SMILES string of the molecule is Cc1cnn(-c2ccc([C@H](C)NC(=O)C3CC(c4nc(C)nc(Cc5cc(C)[nH]n5)n4)C3)cn2)c1. The molecule has 0 unspecified atom stereocenters. The molecule has 1 saturated carbocycles. The molecule has 4 heterocycles. The highest BCUT2D eigenvalue weighted by atomic mass is 16.2. The molecule has 0 aliphatic heterocycles. The molecule has 35 heavy (non-hydrogen) atoms. The number of aromatic amines is 1. The van der Waals surface area contributed by atoms with Crippen molar-refractivity contribution in [1.82, 2.24) is 45.2 Å². The second-order valence-corrected chi connectivity index (χ2v) is 9.38. The Labute approximate surface area is 203 Å². The number of rotatable bonds is 7. The van der Waals surface area contributed by atoms with Crippen LogP contribution in [0.2, 0.25) is 0 Å². The molecule has 0 bridgehead atoms. The Morgan fingerprint density at radius 3 is 2.66 bits per heavy atom. The molecule has 0 radical (unpaired) electrons. The zero-order valence-electron chi connectivity index (χ0n) is 20.4. The molecule has 0 aromatic carbocycles. The van der Waals surface area contributed by atoms with Crippen molar-refractivity contribution in [2.75, 3.05) is 0 Å². The minimum atomic E-state index is -0.134. The van der Waals surface area contributed by atoms with E-state index in [0.717, 1.165) is 47.0 Å². The molecule has 0 saturated heterocycles.